The number of rotatable bonds is 6. The lowest BCUT2D eigenvalue weighted by Crippen LogP contribution is -2.25. The van der Waals surface area contributed by atoms with Crippen LogP contribution in [0.3, 0.4) is 0 Å². The van der Waals surface area contributed by atoms with Gasteiger partial charge in [0, 0.05) is 10.4 Å². The molecule has 6 nitrogen and oxygen atoms in total. The van der Waals surface area contributed by atoms with Crippen LogP contribution in [-0.2, 0) is 14.3 Å². The topological polar surface area (TPSA) is 81.7 Å². The summed E-state index contributed by atoms with van der Waals surface area (Å²) in [6.45, 7) is -0.553. The van der Waals surface area contributed by atoms with Crippen molar-refractivity contribution in [2.75, 3.05) is 18.5 Å². The number of ketones is 1. The summed E-state index contributed by atoms with van der Waals surface area (Å²) in [4.78, 5) is 37.4. The van der Waals surface area contributed by atoms with Gasteiger partial charge in [0.05, 0.1) is 11.3 Å². The summed E-state index contributed by atoms with van der Waals surface area (Å²) in [5, 5.41) is 4.44. The summed E-state index contributed by atoms with van der Waals surface area (Å²) < 4.78 is 23.7. The van der Waals surface area contributed by atoms with Crippen molar-refractivity contribution in [3.05, 3.63) is 81.8 Å². The molecular formula is C23H16FNO5S. The van der Waals surface area contributed by atoms with Gasteiger partial charge in [-0.25, -0.2) is 9.18 Å². The van der Waals surface area contributed by atoms with Crippen LogP contribution >= 0.6 is 11.3 Å². The molecule has 0 radical (unpaired) electrons. The highest BCUT2D eigenvalue weighted by Crippen LogP contribution is 2.29. The highest BCUT2D eigenvalue weighted by Gasteiger charge is 2.20. The molecule has 1 amide bonds. The lowest BCUT2D eigenvalue weighted by Gasteiger charge is -2.18. The molecule has 156 valence electrons. The molecule has 3 aromatic rings. The van der Waals surface area contributed by atoms with Gasteiger partial charge in [-0.2, -0.15) is 0 Å². The van der Waals surface area contributed by atoms with Gasteiger partial charge < -0.3 is 14.8 Å². The lowest BCUT2D eigenvalue weighted by atomic mass is 10.1. The minimum Gasteiger partial charge on any atom is -0.482 e. The second kappa shape index (κ2) is 8.93. The highest BCUT2D eigenvalue weighted by molar-refractivity contribution is 7.11. The van der Waals surface area contributed by atoms with Crippen LogP contribution in [0.25, 0.3) is 11.6 Å². The number of amides is 1. The quantitative estimate of drug-likeness (QED) is 0.355. The molecule has 4 rings (SSSR count). The smallest absolute Gasteiger partial charge is 0.340 e. The molecule has 0 aliphatic carbocycles. The van der Waals surface area contributed by atoms with Crippen LogP contribution < -0.4 is 10.1 Å². The molecule has 0 bridgehead atoms. The average molecular weight is 437 g/mol. The van der Waals surface area contributed by atoms with E-state index in [1.807, 2.05) is 5.38 Å². The molecule has 0 unspecified atom stereocenters. The first-order valence-electron chi connectivity index (χ1n) is 9.28. The number of Topliss-reactive ketones (excluding diaryl/α,β-unsaturated/α-hetero) is 1. The molecule has 1 N–H and O–H groups in total. The lowest BCUT2D eigenvalue weighted by molar-refractivity contribution is -0.135. The number of benzene rings is 2. The molecule has 1 aromatic heterocycles. The zero-order valence-electron chi connectivity index (χ0n) is 16.1. The minimum atomic E-state index is -0.672. The van der Waals surface area contributed by atoms with Gasteiger partial charge in [0.15, 0.2) is 19.0 Å². The first-order valence-corrected chi connectivity index (χ1v) is 10.2. The number of carbonyl (C=O) groups excluding carboxylic acids is 3. The standard InChI is InChI=1S/C23H16FNO5S/c24-16-6-3-14(4-7-16)10-17(21-2-1-9-31-21)23(28)30-12-19(26)15-5-8-20-18(11-15)25-22(27)13-29-20/h1-11H,12-13H2,(H,25,27)/b17-10-. The summed E-state index contributed by atoms with van der Waals surface area (Å²) in [7, 11) is 0. The molecule has 0 saturated heterocycles. The first-order chi connectivity index (χ1) is 15.0. The molecule has 2 heterocycles. The van der Waals surface area contributed by atoms with Gasteiger partial charge in [0.2, 0.25) is 0 Å². The Morgan fingerprint density at radius 3 is 2.71 bits per heavy atom. The Morgan fingerprint density at radius 2 is 1.97 bits per heavy atom. The number of thiophene rings is 1. The van der Waals surface area contributed by atoms with E-state index in [0.717, 1.165) is 0 Å². The minimum absolute atomic E-state index is 0.0796. The van der Waals surface area contributed by atoms with E-state index in [0.29, 0.717) is 21.9 Å². The zero-order chi connectivity index (χ0) is 21.8. The largest absolute Gasteiger partial charge is 0.482 e. The molecule has 0 saturated carbocycles. The molecule has 2 aromatic carbocycles. The summed E-state index contributed by atoms with van der Waals surface area (Å²) in [5.74, 6) is -1.32. The maximum Gasteiger partial charge on any atom is 0.340 e. The predicted octanol–water partition coefficient (Wildman–Crippen LogP) is 4.18. The van der Waals surface area contributed by atoms with E-state index in [-0.39, 0.29) is 29.5 Å². The van der Waals surface area contributed by atoms with Crippen molar-refractivity contribution < 1.29 is 28.2 Å². The number of esters is 1. The van der Waals surface area contributed by atoms with E-state index in [1.165, 1.54) is 29.5 Å². The number of hydrogen-bond donors (Lipinski definition) is 1. The van der Waals surface area contributed by atoms with E-state index in [4.69, 9.17) is 9.47 Å². The Morgan fingerprint density at radius 1 is 1.16 bits per heavy atom. The zero-order valence-corrected chi connectivity index (χ0v) is 16.9. The number of fused-ring (bicyclic) bond motifs is 1. The predicted molar refractivity (Wildman–Crippen MR) is 114 cm³/mol. The fourth-order valence-electron chi connectivity index (χ4n) is 2.94. The maximum atomic E-state index is 13.2. The van der Waals surface area contributed by atoms with Gasteiger partial charge in [-0.05, 0) is 53.4 Å². The fraction of sp³-hybridized carbons (Fsp3) is 0.0870. The molecule has 0 fully saturated rings. The van der Waals surface area contributed by atoms with Gasteiger partial charge in [-0.3, -0.25) is 9.59 Å². The molecule has 31 heavy (non-hydrogen) atoms. The van der Waals surface area contributed by atoms with Crippen LogP contribution in [0.2, 0.25) is 0 Å². The Kier molecular flexibility index (Phi) is 5.90. The first kappa shape index (κ1) is 20.5. The third kappa shape index (κ3) is 4.87. The summed E-state index contributed by atoms with van der Waals surface area (Å²) in [6.07, 6.45) is 1.59. The summed E-state index contributed by atoms with van der Waals surface area (Å²) in [5.41, 5.74) is 1.56. The maximum absolute atomic E-state index is 13.2. The van der Waals surface area contributed by atoms with Gasteiger partial charge >= 0.3 is 5.97 Å². The summed E-state index contributed by atoms with van der Waals surface area (Å²) >= 11 is 1.35. The van der Waals surface area contributed by atoms with Crippen LogP contribution in [0.4, 0.5) is 10.1 Å². The Labute approximate surface area is 180 Å². The second-order valence-electron chi connectivity index (χ2n) is 6.63. The van der Waals surface area contributed by atoms with Crippen molar-refractivity contribution in [3.8, 4) is 5.75 Å². The Bertz CT molecular complexity index is 1170. The number of carbonyl (C=O) groups is 3. The number of halogens is 1. The Hall–Kier alpha value is -3.78. The van der Waals surface area contributed by atoms with Crippen molar-refractivity contribution in [2.45, 2.75) is 0 Å². The number of nitrogens with one attached hydrogen (secondary N) is 1. The fourth-order valence-corrected chi connectivity index (χ4v) is 3.67. The molecule has 1 aliphatic heterocycles. The number of ether oxygens (including phenoxy) is 2. The molecule has 0 atom stereocenters. The van der Waals surface area contributed by atoms with Crippen molar-refractivity contribution in [1.29, 1.82) is 0 Å². The van der Waals surface area contributed by atoms with E-state index in [2.05, 4.69) is 5.32 Å². The normalized spacial score (nSPS) is 13.1. The number of hydrogen-bond acceptors (Lipinski definition) is 6. The van der Waals surface area contributed by atoms with Crippen LogP contribution in [0.1, 0.15) is 20.8 Å². The van der Waals surface area contributed by atoms with Crippen molar-refractivity contribution in [1.82, 2.24) is 0 Å². The van der Waals surface area contributed by atoms with Crippen LogP contribution in [0.5, 0.6) is 5.75 Å². The van der Waals surface area contributed by atoms with E-state index in [9.17, 15) is 18.8 Å². The average Bonchev–Trinajstić information content (AvgIpc) is 3.31. The van der Waals surface area contributed by atoms with Crippen molar-refractivity contribution in [2.24, 2.45) is 0 Å². The SMILES string of the molecule is O=C1COc2ccc(C(=O)COC(=O)/C(=C\c3ccc(F)cc3)c3cccs3)cc2N1. The van der Waals surface area contributed by atoms with Gasteiger partial charge in [0.25, 0.3) is 5.91 Å². The van der Waals surface area contributed by atoms with Gasteiger partial charge in [0.1, 0.15) is 11.6 Å². The number of anilines is 1. The highest BCUT2D eigenvalue weighted by atomic mass is 32.1. The van der Waals surface area contributed by atoms with Gasteiger partial charge in [-0.15, -0.1) is 11.3 Å². The van der Waals surface area contributed by atoms with Crippen LogP contribution in [0.15, 0.2) is 60.0 Å². The molecule has 1 aliphatic rings. The van der Waals surface area contributed by atoms with Gasteiger partial charge in [-0.1, -0.05) is 18.2 Å². The monoisotopic (exact) mass is 437 g/mol. The molecule has 8 heteroatoms. The van der Waals surface area contributed by atoms with Crippen molar-refractivity contribution in [3.63, 3.8) is 0 Å². The third-order valence-electron chi connectivity index (χ3n) is 4.46. The summed E-state index contributed by atoms with van der Waals surface area (Å²) in [6, 6.07) is 13.8. The van der Waals surface area contributed by atoms with E-state index in [1.54, 1.807) is 42.5 Å². The second-order valence-corrected chi connectivity index (χ2v) is 7.58. The van der Waals surface area contributed by atoms with E-state index < -0.39 is 18.4 Å². The van der Waals surface area contributed by atoms with Crippen LogP contribution in [-0.4, -0.2) is 30.9 Å². The Balaban J connectivity index is 1.49. The van der Waals surface area contributed by atoms with E-state index >= 15 is 0 Å². The molecule has 0 spiro atoms. The van der Waals surface area contributed by atoms with Crippen molar-refractivity contribution >= 4 is 46.3 Å². The molecular weight excluding hydrogens is 421 g/mol. The third-order valence-corrected chi connectivity index (χ3v) is 5.36. The van der Waals surface area contributed by atoms with Crippen LogP contribution in [0, 0.1) is 5.82 Å².